The molecule has 0 saturated heterocycles. The Hall–Kier alpha value is -1.71. The summed E-state index contributed by atoms with van der Waals surface area (Å²) in [6.45, 7) is 0. The highest BCUT2D eigenvalue weighted by Crippen LogP contribution is 2.18. The highest BCUT2D eigenvalue weighted by molar-refractivity contribution is 5.97. The topological polar surface area (TPSA) is 43.4 Å². The minimum Gasteiger partial charge on any atom is -0.494 e. The average Bonchev–Trinajstić information content (AvgIpc) is 2.25. The number of aldehydes is 1. The van der Waals surface area contributed by atoms with Crippen LogP contribution < -0.4 is 4.74 Å². The lowest BCUT2D eigenvalue weighted by Crippen LogP contribution is -2.00. The average molecular weight is 210 g/mol. The molecule has 3 nitrogen and oxygen atoms in total. The quantitative estimate of drug-likeness (QED) is 0.551. The third-order valence-corrected chi connectivity index (χ3v) is 1.96. The molecule has 0 atom stereocenters. The molecule has 1 aromatic carbocycles. The first-order valence-electron chi connectivity index (χ1n) is 4.49. The van der Waals surface area contributed by atoms with E-state index in [4.69, 9.17) is 4.74 Å². The Balaban J connectivity index is 2.82. The van der Waals surface area contributed by atoms with Gasteiger partial charge in [0.05, 0.1) is 7.11 Å². The van der Waals surface area contributed by atoms with Gasteiger partial charge in [-0.2, -0.15) is 0 Å². The predicted octanol–water partition coefficient (Wildman–Crippen LogP) is 2.00. The van der Waals surface area contributed by atoms with Crippen LogP contribution >= 0.6 is 0 Å². The van der Waals surface area contributed by atoms with Crippen LogP contribution in [0.3, 0.4) is 0 Å². The lowest BCUT2D eigenvalue weighted by atomic mass is 10.1. The summed E-state index contributed by atoms with van der Waals surface area (Å²) in [7, 11) is 1.35. The van der Waals surface area contributed by atoms with Crippen molar-refractivity contribution < 1.29 is 18.7 Å². The number of hydrogen-bond acceptors (Lipinski definition) is 3. The first-order valence-corrected chi connectivity index (χ1v) is 4.49. The molecule has 1 rings (SSSR count). The van der Waals surface area contributed by atoms with Crippen molar-refractivity contribution in [3.63, 3.8) is 0 Å². The zero-order valence-electron chi connectivity index (χ0n) is 8.33. The van der Waals surface area contributed by atoms with Gasteiger partial charge >= 0.3 is 0 Å². The van der Waals surface area contributed by atoms with E-state index in [0.29, 0.717) is 6.29 Å². The molecule has 0 bridgehead atoms. The fourth-order valence-corrected chi connectivity index (χ4v) is 1.17. The first-order chi connectivity index (χ1) is 7.19. The third kappa shape index (κ3) is 2.87. The SMILES string of the molecule is COc1ccc(C(=O)CCC=O)cc1F. The molecule has 0 saturated carbocycles. The molecular weight excluding hydrogens is 199 g/mol. The first kappa shape index (κ1) is 11.4. The molecule has 0 spiro atoms. The summed E-state index contributed by atoms with van der Waals surface area (Å²) in [6, 6.07) is 3.99. The second kappa shape index (κ2) is 5.24. The predicted molar refractivity (Wildman–Crippen MR) is 52.6 cm³/mol. The molecule has 0 aromatic heterocycles. The van der Waals surface area contributed by atoms with Crippen molar-refractivity contribution in [1.82, 2.24) is 0 Å². The van der Waals surface area contributed by atoms with Crippen LogP contribution in [0, 0.1) is 5.82 Å². The van der Waals surface area contributed by atoms with Crippen molar-refractivity contribution in [1.29, 1.82) is 0 Å². The Morgan fingerprint density at radius 2 is 2.27 bits per heavy atom. The maximum atomic E-state index is 13.2. The second-order valence-corrected chi connectivity index (χ2v) is 2.98. The maximum Gasteiger partial charge on any atom is 0.165 e. The number of ketones is 1. The Bertz CT molecular complexity index is 374. The highest BCUT2D eigenvalue weighted by Gasteiger charge is 2.09. The Kier molecular flexibility index (Phi) is 3.97. The van der Waals surface area contributed by atoms with E-state index in [1.165, 1.54) is 19.2 Å². The van der Waals surface area contributed by atoms with E-state index in [0.717, 1.165) is 6.07 Å². The number of carbonyl (C=O) groups excluding carboxylic acids is 2. The van der Waals surface area contributed by atoms with Crippen molar-refractivity contribution >= 4 is 12.1 Å². The molecule has 15 heavy (non-hydrogen) atoms. The minimum absolute atomic E-state index is 0.0990. The minimum atomic E-state index is -0.575. The third-order valence-electron chi connectivity index (χ3n) is 1.96. The highest BCUT2D eigenvalue weighted by atomic mass is 19.1. The van der Waals surface area contributed by atoms with Crippen molar-refractivity contribution in [3.05, 3.63) is 29.6 Å². The molecule has 0 aliphatic carbocycles. The van der Waals surface area contributed by atoms with Gasteiger partial charge in [-0.05, 0) is 18.2 Å². The van der Waals surface area contributed by atoms with Crippen molar-refractivity contribution in [2.75, 3.05) is 7.11 Å². The fourth-order valence-electron chi connectivity index (χ4n) is 1.17. The Morgan fingerprint density at radius 1 is 1.53 bits per heavy atom. The van der Waals surface area contributed by atoms with Gasteiger partial charge in [0.1, 0.15) is 6.29 Å². The van der Waals surface area contributed by atoms with Crippen LogP contribution in [0.15, 0.2) is 18.2 Å². The largest absolute Gasteiger partial charge is 0.494 e. The maximum absolute atomic E-state index is 13.2. The summed E-state index contributed by atoms with van der Waals surface area (Å²) in [4.78, 5) is 21.5. The summed E-state index contributed by atoms with van der Waals surface area (Å²) >= 11 is 0. The van der Waals surface area contributed by atoms with E-state index >= 15 is 0 Å². The Labute approximate surface area is 86.9 Å². The van der Waals surface area contributed by atoms with Gasteiger partial charge in [-0.1, -0.05) is 0 Å². The molecule has 4 heteroatoms. The zero-order valence-corrected chi connectivity index (χ0v) is 8.33. The number of carbonyl (C=O) groups is 2. The van der Waals surface area contributed by atoms with Crippen LogP contribution in [0.4, 0.5) is 4.39 Å². The number of halogens is 1. The molecule has 0 heterocycles. The standard InChI is InChI=1S/C11H11FO3/c1-15-11-5-4-8(7-9(11)12)10(14)3-2-6-13/h4-7H,2-3H2,1H3. The molecule has 80 valence electrons. The monoisotopic (exact) mass is 210 g/mol. The molecule has 0 radical (unpaired) electrons. The molecule has 0 aliphatic heterocycles. The van der Waals surface area contributed by atoms with E-state index in [2.05, 4.69) is 0 Å². The van der Waals surface area contributed by atoms with Crippen molar-refractivity contribution in [2.45, 2.75) is 12.8 Å². The molecule has 0 unspecified atom stereocenters. The van der Waals surface area contributed by atoms with Gasteiger partial charge in [0.2, 0.25) is 0 Å². The van der Waals surface area contributed by atoms with Gasteiger partial charge in [-0.25, -0.2) is 4.39 Å². The van der Waals surface area contributed by atoms with Crippen LogP contribution in [0.25, 0.3) is 0 Å². The van der Waals surface area contributed by atoms with Gasteiger partial charge in [0.25, 0.3) is 0 Å². The Morgan fingerprint density at radius 3 is 2.80 bits per heavy atom. The number of Topliss-reactive ketones (excluding diaryl/α,β-unsaturated/α-hetero) is 1. The fraction of sp³-hybridized carbons (Fsp3) is 0.273. The van der Waals surface area contributed by atoms with Crippen LogP contribution in [-0.2, 0) is 4.79 Å². The van der Waals surface area contributed by atoms with Crippen LogP contribution in [0.2, 0.25) is 0 Å². The van der Waals surface area contributed by atoms with Crippen LogP contribution in [-0.4, -0.2) is 19.2 Å². The van der Waals surface area contributed by atoms with E-state index in [1.807, 2.05) is 0 Å². The van der Waals surface area contributed by atoms with Gasteiger partial charge in [0.15, 0.2) is 17.3 Å². The summed E-state index contributed by atoms with van der Waals surface area (Å²) in [5.41, 5.74) is 0.259. The van der Waals surface area contributed by atoms with Crippen molar-refractivity contribution in [3.8, 4) is 5.75 Å². The number of hydrogen-bond donors (Lipinski definition) is 0. The van der Waals surface area contributed by atoms with Crippen LogP contribution in [0.1, 0.15) is 23.2 Å². The van der Waals surface area contributed by atoms with E-state index in [1.54, 1.807) is 0 Å². The molecule has 0 N–H and O–H groups in total. The van der Waals surface area contributed by atoms with Crippen molar-refractivity contribution in [2.24, 2.45) is 0 Å². The summed E-state index contributed by atoms with van der Waals surface area (Å²) in [5, 5.41) is 0. The number of ether oxygens (including phenoxy) is 1. The van der Waals surface area contributed by atoms with Crippen LogP contribution in [0.5, 0.6) is 5.75 Å². The number of benzene rings is 1. The second-order valence-electron chi connectivity index (χ2n) is 2.98. The lowest BCUT2D eigenvalue weighted by Gasteiger charge is -2.03. The molecule has 1 aromatic rings. The smallest absolute Gasteiger partial charge is 0.165 e. The number of rotatable bonds is 5. The molecule has 0 aliphatic rings. The normalized spacial score (nSPS) is 9.73. The van der Waals surface area contributed by atoms with Gasteiger partial charge < -0.3 is 9.53 Å². The van der Waals surface area contributed by atoms with E-state index in [-0.39, 0.29) is 29.9 Å². The lowest BCUT2D eigenvalue weighted by molar-refractivity contribution is -0.107. The van der Waals surface area contributed by atoms with Gasteiger partial charge in [0, 0.05) is 18.4 Å². The van der Waals surface area contributed by atoms with E-state index in [9.17, 15) is 14.0 Å². The molecule has 0 fully saturated rings. The molecule has 0 amide bonds. The summed E-state index contributed by atoms with van der Waals surface area (Å²) in [6.07, 6.45) is 0.930. The van der Waals surface area contributed by atoms with E-state index < -0.39 is 5.82 Å². The molecular formula is C11H11FO3. The number of methoxy groups -OCH3 is 1. The van der Waals surface area contributed by atoms with Gasteiger partial charge in [-0.3, -0.25) is 4.79 Å². The summed E-state index contributed by atoms with van der Waals surface area (Å²) < 4.78 is 17.9. The summed E-state index contributed by atoms with van der Waals surface area (Å²) in [5.74, 6) is -0.722. The van der Waals surface area contributed by atoms with Gasteiger partial charge in [-0.15, -0.1) is 0 Å². The zero-order chi connectivity index (χ0) is 11.3.